The average molecular weight is 382 g/mol. The number of rotatable bonds is 13. The van der Waals surface area contributed by atoms with Gasteiger partial charge in [-0.1, -0.05) is 58.3 Å². The Bertz CT molecular complexity index is 293. The number of phosphoric acid groups is 1. The topological polar surface area (TPSA) is 127 Å². The second-order valence-corrected chi connectivity index (χ2v) is 6.97. The quantitative estimate of drug-likeness (QED) is 0.164. The van der Waals surface area contributed by atoms with Gasteiger partial charge in [-0.3, -0.25) is 4.52 Å². The zero-order chi connectivity index (χ0) is 18.1. The number of hydrogen-bond donors (Lipinski definition) is 5. The minimum atomic E-state index is -4.50. The smallest absolute Gasteiger partial charge is 1.00 e. The van der Waals surface area contributed by atoms with Crippen molar-refractivity contribution in [2.24, 2.45) is 0 Å². The van der Waals surface area contributed by atoms with E-state index in [1.807, 2.05) is 6.92 Å². The van der Waals surface area contributed by atoms with E-state index >= 15 is 0 Å². The predicted molar refractivity (Wildman–Crippen MR) is 91.1 cm³/mol. The van der Waals surface area contributed by atoms with Gasteiger partial charge in [-0.05, 0) is 13.3 Å². The van der Waals surface area contributed by atoms with E-state index in [1.54, 1.807) is 0 Å². The standard InChI is InChI=1S/C12H26O.C3H9O6P.Na.H/c1-3-4-5-6-7-8-9-10-11-12(2)13;4-1-3(5)2-9-10(6,7)8;;/h12-13H,3-11H2,1-2H3;3-5H,1-2H2,(H2,6,7,8);;/q;;+1;-1. The number of aliphatic hydroxyl groups excluding tert-OH is 3. The Morgan fingerprint density at radius 1 is 1.00 bits per heavy atom. The second kappa shape index (κ2) is 20.3. The molecule has 0 aromatic carbocycles. The maximum absolute atomic E-state index is 9.93. The van der Waals surface area contributed by atoms with Gasteiger partial charge >= 0.3 is 37.4 Å². The second-order valence-electron chi connectivity index (χ2n) is 5.74. The third-order valence-corrected chi connectivity index (χ3v) is 3.61. The van der Waals surface area contributed by atoms with E-state index in [0.29, 0.717) is 0 Å². The molecule has 9 heteroatoms. The van der Waals surface area contributed by atoms with Gasteiger partial charge in [0, 0.05) is 0 Å². The van der Waals surface area contributed by atoms with Crippen molar-refractivity contribution in [3.8, 4) is 0 Å². The SMILES string of the molecule is CCCCCCCCCCC(C)O.O=P(O)(O)OCC(O)CO.[H-].[Na+]. The molecule has 0 aromatic heterocycles. The van der Waals surface area contributed by atoms with Gasteiger partial charge in [0.1, 0.15) is 6.10 Å². The van der Waals surface area contributed by atoms with Crippen LogP contribution >= 0.6 is 7.82 Å². The first-order valence-corrected chi connectivity index (χ1v) is 9.93. The maximum atomic E-state index is 9.93. The van der Waals surface area contributed by atoms with E-state index < -0.39 is 27.1 Å². The van der Waals surface area contributed by atoms with Crippen molar-refractivity contribution in [2.45, 2.75) is 83.8 Å². The van der Waals surface area contributed by atoms with Crippen LogP contribution in [0.3, 0.4) is 0 Å². The normalized spacial score (nSPS) is 13.5. The Hall–Kier alpha value is 0.990. The molecule has 0 bridgehead atoms. The predicted octanol–water partition coefficient (Wildman–Crippen LogP) is -0.537. The molecule has 0 aliphatic heterocycles. The molecule has 0 amide bonds. The first-order chi connectivity index (χ1) is 10.7. The van der Waals surface area contributed by atoms with Crippen LogP contribution < -0.4 is 29.6 Å². The molecule has 0 aromatic rings. The van der Waals surface area contributed by atoms with Crippen molar-refractivity contribution in [1.29, 1.82) is 0 Å². The van der Waals surface area contributed by atoms with Crippen LogP contribution in [0.15, 0.2) is 0 Å². The first-order valence-electron chi connectivity index (χ1n) is 8.40. The summed E-state index contributed by atoms with van der Waals surface area (Å²) < 4.78 is 13.8. The summed E-state index contributed by atoms with van der Waals surface area (Å²) >= 11 is 0. The van der Waals surface area contributed by atoms with Gasteiger partial charge in [-0.15, -0.1) is 0 Å². The molecule has 0 rings (SSSR count). The zero-order valence-electron chi connectivity index (χ0n) is 16.4. The van der Waals surface area contributed by atoms with Crippen molar-refractivity contribution in [3.05, 3.63) is 0 Å². The zero-order valence-corrected chi connectivity index (χ0v) is 18.3. The van der Waals surface area contributed by atoms with Crippen LogP contribution in [-0.2, 0) is 9.09 Å². The minimum Gasteiger partial charge on any atom is -1.00 e. The number of unbranched alkanes of at least 4 members (excludes halogenated alkanes) is 7. The van der Waals surface area contributed by atoms with Gasteiger partial charge in [0.05, 0.1) is 19.3 Å². The summed E-state index contributed by atoms with van der Waals surface area (Å²) in [5.74, 6) is 0. The molecule has 0 fully saturated rings. The molecule has 0 aliphatic rings. The fraction of sp³-hybridized carbons (Fsp3) is 1.00. The number of hydrogen-bond acceptors (Lipinski definition) is 5. The monoisotopic (exact) mass is 382 g/mol. The van der Waals surface area contributed by atoms with Crippen molar-refractivity contribution in [1.82, 2.24) is 0 Å². The van der Waals surface area contributed by atoms with E-state index in [0.717, 1.165) is 6.42 Å². The van der Waals surface area contributed by atoms with Crippen LogP contribution in [0.2, 0.25) is 0 Å². The van der Waals surface area contributed by atoms with Gasteiger partial charge in [-0.2, -0.15) is 0 Å². The summed E-state index contributed by atoms with van der Waals surface area (Å²) in [6, 6.07) is 0. The van der Waals surface area contributed by atoms with E-state index in [9.17, 15) is 4.57 Å². The summed E-state index contributed by atoms with van der Waals surface area (Å²) in [7, 11) is -4.50. The molecule has 7 nitrogen and oxygen atoms in total. The molecule has 24 heavy (non-hydrogen) atoms. The van der Waals surface area contributed by atoms with Crippen molar-refractivity contribution >= 4 is 7.82 Å². The van der Waals surface area contributed by atoms with Gasteiger partial charge in [0.2, 0.25) is 0 Å². The molecular formula is C15H36NaO7P. The van der Waals surface area contributed by atoms with Gasteiger partial charge < -0.3 is 26.5 Å². The van der Waals surface area contributed by atoms with Crippen LogP contribution in [0, 0.1) is 0 Å². The van der Waals surface area contributed by atoms with E-state index in [2.05, 4.69) is 11.4 Å². The third-order valence-electron chi connectivity index (χ3n) is 3.12. The van der Waals surface area contributed by atoms with Crippen LogP contribution in [-0.4, -0.2) is 50.5 Å². The number of aliphatic hydroxyl groups is 3. The molecule has 0 saturated carbocycles. The largest absolute Gasteiger partial charge is 1.00 e. The average Bonchev–Trinajstić information content (AvgIpc) is 2.47. The van der Waals surface area contributed by atoms with E-state index in [-0.39, 0.29) is 37.1 Å². The molecule has 0 spiro atoms. The Morgan fingerprint density at radius 3 is 1.83 bits per heavy atom. The molecule has 0 saturated heterocycles. The Morgan fingerprint density at radius 2 is 1.46 bits per heavy atom. The van der Waals surface area contributed by atoms with Crippen molar-refractivity contribution in [3.63, 3.8) is 0 Å². The van der Waals surface area contributed by atoms with E-state index in [1.165, 1.54) is 51.4 Å². The van der Waals surface area contributed by atoms with E-state index in [4.69, 9.17) is 25.1 Å². The molecule has 0 aliphatic carbocycles. The van der Waals surface area contributed by atoms with Crippen molar-refractivity contribution in [2.75, 3.05) is 13.2 Å². The Kier molecular flexibility index (Phi) is 25.2. The van der Waals surface area contributed by atoms with Gasteiger partial charge in [0.25, 0.3) is 0 Å². The molecule has 0 heterocycles. The van der Waals surface area contributed by atoms with Crippen LogP contribution in [0.4, 0.5) is 0 Å². The summed E-state index contributed by atoms with van der Waals surface area (Å²) in [5, 5.41) is 25.7. The molecule has 2 atom stereocenters. The summed E-state index contributed by atoms with van der Waals surface area (Å²) in [5.41, 5.74) is 0. The minimum absolute atomic E-state index is 0. The molecule has 0 radical (unpaired) electrons. The molecule has 2 unspecified atom stereocenters. The Balaban J connectivity index is -0.000000168. The van der Waals surface area contributed by atoms with Crippen molar-refractivity contribution < 1.29 is 65.2 Å². The Labute approximate surface area is 169 Å². The first kappa shape index (κ1) is 29.7. The third kappa shape index (κ3) is 30.8. The van der Waals surface area contributed by atoms with Gasteiger partial charge in [0.15, 0.2) is 0 Å². The fourth-order valence-electron chi connectivity index (χ4n) is 1.81. The number of phosphoric ester groups is 1. The summed E-state index contributed by atoms with van der Waals surface area (Å²) in [4.78, 5) is 16.1. The molecule has 144 valence electrons. The summed E-state index contributed by atoms with van der Waals surface area (Å²) in [6.07, 6.45) is 10.4. The van der Waals surface area contributed by atoms with Crippen LogP contribution in [0.1, 0.15) is 73.1 Å². The maximum Gasteiger partial charge on any atom is 1.00 e. The molecular weight excluding hydrogens is 346 g/mol. The van der Waals surface area contributed by atoms with Gasteiger partial charge in [-0.25, -0.2) is 4.57 Å². The van der Waals surface area contributed by atoms with Crippen LogP contribution in [0.5, 0.6) is 0 Å². The summed E-state index contributed by atoms with van der Waals surface area (Å²) in [6.45, 7) is 2.98. The van der Waals surface area contributed by atoms with Crippen LogP contribution in [0.25, 0.3) is 0 Å². The fourth-order valence-corrected chi connectivity index (χ4v) is 2.18. The molecule has 5 N–H and O–H groups in total.